The molecule has 0 spiro atoms. The molecule has 0 saturated carbocycles. The molecule has 214 valence electrons. The number of nitrogens with zero attached hydrogens (tertiary/aromatic N) is 1. The van der Waals surface area contributed by atoms with Crippen molar-refractivity contribution in [2.75, 3.05) is 0 Å². The molecule has 8 nitrogen and oxygen atoms in total. The van der Waals surface area contributed by atoms with Gasteiger partial charge in [0.1, 0.15) is 23.4 Å². The molecule has 8 heteroatoms. The monoisotopic (exact) mass is 539 g/mol. The van der Waals surface area contributed by atoms with Crippen LogP contribution in [0, 0.1) is 12.8 Å². The summed E-state index contributed by atoms with van der Waals surface area (Å²) in [4.78, 5) is 42.5. The highest BCUT2D eigenvalue weighted by atomic mass is 16.6. The average molecular weight is 540 g/mol. The average Bonchev–Trinajstić information content (AvgIpc) is 2.84. The van der Waals surface area contributed by atoms with Gasteiger partial charge < -0.3 is 25.4 Å². The summed E-state index contributed by atoms with van der Waals surface area (Å²) in [6, 6.07) is 12.5. The summed E-state index contributed by atoms with van der Waals surface area (Å²) >= 11 is 0. The summed E-state index contributed by atoms with van der Waals surface area (Å²) in [6.45, 7) is 16.5. The van der Waals surface area contributed by atoms with E-state index in [4.69, 9.17) is 4.74 Å². The van der Waals surface area contributed by atoms with Crippen LogP contribution < -0.4 is 10.6 Å². The van der Waals surface area contributed by atoms with Crippen molar-refractivity contribution in [3.05, 3.63) is 65.2 Å². The second kappa shape index (κ2) is 13.0. The van der Waals surface area contributed by atoms with Crippen LogP contribution in [0.1, 0.15) is 84.5 Å². The largest absolute Gasteiger partial charge is 0.507 e. The molecule has 2 aromatic carbocycles. The number of hydrogen-bond acceptors (Lipinski definition) is 5. The molecule has 3 atom stereocenters. The molecular weight excluding hydrogens is 494 g/mol. The molecule has 0 fully saturated rings. The zero-order valence-corrected chi connectivity index (χ0v) is 24.8. The van der Waals surface area contributed by atoms with E-state index in [1.165, 1.54) is 4.90 Å². The summed E-state index contributed by atoms with van der Waals surface area (Å²) in [6.07, 6.45) is -0.108. The Morgan fingerprint density at radius 3 is 2.13 bits per heavy atom. The molecule has 0 saturated heterocycles. The van der Waals surface area contributed by atoms with Crippen molar-refractivity contribution in [2.45, 2.75) is 98.5 Å². The fourth-order valence-electron chi connectivity index (χ4n) is 4.29. The quantitative estimate of drug-likeness (QED) is 0.383. The number of phenolic OH excluding ortho intramolecular Hbond substituents is 1. The van der Waals surface area contributed by atoms with Gasteiger partial charge in [0.2, 0.25) is 11.8 Å². The van der Waals surface area contributed by atoms with Crippen molar-refractivity contribution in [2.24, 2.45) is 5.92 Å². The number of para-hydroxylation sites is 1. The molecule has 39 heavy (non-hydrogen) atoms. The number of rotatable bonds is 9. The molecule has 2 aromatic rings. The molecule has 0 aliphatic heterocycles. The summed E-state index contributed by atoms with van der Waals surface area (Å²) in [5.41, 5.74) is 0.188. The number of ether oxygens (including phenoxy) is 1. The predicted octanol–water partition coefficient (Wildman–Crippen LogP) is 5.62. The molecule has 0 radical (unpaired) electrons. The minimum Gasteiger partial charge on any atom is -0.507 e. The molecule has 0 heterocycles. The van der Waals surface area contributed by atoms with Crippen molar-refractivity contribution >= 4 is 17.9 Å². The number of alkyl carbamates (subject to hydrolysis) is 1. The van der Waals surface area contributed by atoms with Gasteiger partial charge in [0, 0.05) is 17.6 Å². The summed E-state index contributed by atoms with van der Waals surface area (Å²) in [5.74, 6) is -1.19. The van der Waals surface area contributed by atoms with E-state index in [9.17, 15) is 19.5 Å². The van der Waals surface area contributed by atoms with Crippen molar-refractivity contribution in [1.29, 1.82) is 0 Å². The maximum absolute atomic E-state index is 14.4. The highest BCUT2D eigenvalue weighted by molar-refractivity contribution is 5.93. The lowest BCUT2D eigenvalue weighted by molar-refractivity contribution is -0.149. The van der Waals surface area contributed by atoms with Crippen molar-refractivity contribution in [3.63, 3.8) is 0 Å². The van der Waals surface area contributed by atoms with E-state index < -0.39 is 41.1 Å². The van der Waals surface area contributed by atoms with Gasteiger partial charge in [0.25, 0.3) is 0 Å². The Morgan fingerprint density at radius 2 is 1.59 bits per heavy atom. The van der Waals surface area contributed by atoms with E-state index >= 15 is 0 Å². The van der Waals surface area contributed by atoms with Gasteiger partial charge in [-0.05, 0) is 65.5 Å². The lowest BCUT2D eigenvalue weighted by Crippen LogP contribution is -2.60. The lowest BCUT2D eigenvalue weighted by atomic mass is 9.91. The molecule has 3 unspecified atom stereocenters. The number of carbonyl (C=O) groups is 3. The number of amides is 3. The smallest absolute Gasteiger partial charge is 0.408 e. The summed E-state index contributed by atoms with van der Waals surface area (Å²) < 4.78 is 5.45. The maximum atomic E-state index is 14.4. The van der Waals surface area contributed by atoms with E-state index in [-0.39, 0.29) is 18.2 Å². The Hall–Kier alpha value is -3.55. The fraction of sp³-hybridized carbons (Fsp3) is 0.516. The van der Waals surface area contributed by atoms with Gasteiger partial charge in [-0.1, -0.05) is 68.8 Å². The Kier molecular flexibility index (Phi) is 10.6. The first kappa shape index (κ1) is 31.7. The zero-order valence-electron chi connectivity index (χ0n) is 24.8. The molecular formula is C31H45N3O5. The lowest BCUT2D eigenvalue weighted by Gasteiger charge is -2.44. The first-order valence-corrected chi connectivity index (χ1v) is 13.5. The van der Waals surface area contributed by atoms with Crippen LogP contribution in [0.5, 0.6) is 5.75 Å². The minimum atomic E-state index is -1.16. The molecule has 0 aliphatic rings. The fourth-order valence-corrected chi connectivity index (χ4v) is 4.29. The highest BCUT2D eigenvalue weighted by Crippen LogP contribution is 2.36. The van der Waals surface area contributed by atoms with Crippen LogP contribution in [0.3, 0.4) is 0 Å². The van der Waals surface area contributed by atoms with E-state index in [1.54, 1.807) is 45.9 Å². The number of aromatic hydroxyl groups is 1. The van der Waals surface area contributed by atoms with Crippen LogP contribution in [0.2, 0.25) is 0 Å². The van der Waals surface area contributed by atoms with Crippen LogP contribution in [-0.2, 0) is 20.9 Å². The van der Waals surface area contributed by atoms with Gasteiger partial charge in [0.15, 0.2) is 0 Å². The van der Waals surface area contributed by atoms with Crippen molar-refractivity contribution in [1.82, 2.24) is 15.5 Å². The van der Waals surface area contributed by atoms with Crippen molar-refractivity contribution in [3.8, 4) is 5.75 Å². The number of benzene rings is 2. The van der Waals surface area contributed by atoms with Gasteiger partial charge in [-0.25, -0.2) is 4.79 Å². The molecule has 2 rings (SSSR count). The van der Waals surface area contributed by atoms with Gasteiger partial charge in [-0.3, -0.25) is 9.59 Å². The van der Waals surface area contributed by atoms with Gasteiger partial charge in [-0.2, -0.15) is 0 Å². The van der Waals surface area contributed by atoms with Gasteiger partial charge in [-0.15, -0.1) is 0 Å². The molecule has 0 aromatic heterocycles. The number of carbonyl (C=O) groups excluding carboxylic acids is 3. The van der Waals surface area contributed by atoms with Gasteiger partial charge in [0.05, 0.1) is 0 Å². The van der Waals surface area contributed by atoms with Gasteiger partial charge >= 0.3 is 6.09 Å². The van der Waals surface area contributed by atoms with Crippen LogP contribution >= 0.6 is 0 Å². The van der Waals surface area contributed by atoms with E-state index in [0.29, 0.717) is 17.5 Å². The SMILES string of the molecule is CCC(C)C(NC(=O)OC(C)(C)C)C(=O)N(C(C(=O)NCc1ccccc1)c1cccc(C)c1O)C(C)(C)C. The molecule has 3 amide bonds. The second-order valence-electron chi connectivity index (χ2n) is 12.0. The van der Waals surface area contributed by atoms with Crippen LogP contribution in [0.15, 0.2) is 48.5 Å². The van der Waals surface area contributed by atoms with Crippen LogP contribution in [0.4, 0.5) is 4.79 Å². The Morgan fingerprint density at radius 1 is 0.974 bits per heavy atom. The van der Waals surface area contributed by atoms with E-state index in [2.05, 4.69) is 10.6 Å². The Bertz CT molecular complexity index is 1140. The first-order valence-electron chi connectivity index (χ1n) is 13.5. The molecule has 0 bridgehead atoms. The Balaban J connectivity index is 2.60. The standard InChI is InChI=1S/C31H45N3O5/c1-10-20(2)24(33-29(38)39-31(7,8)9)28(37)34(30(4,5)6)25(23-18-14-15-21(3)26(23)35)27(36)32-19-22-16-12-11-13-17-22/h11-18,20,24-25,35H,10,19H2,1-9H3,(H,32,36)(H,33,38). The minimum absolute atomic E-state index is 0.0559. The maximum Gasteiger partial charge on any atom is 0.408 e. The molecule has 0 aliphatic carbocycles. The van der Waals surface area contributed by atoms with E-state index in [1.807, 2.05) is 65.0 Å². The highest BCUT2D eigenvalue weighted by Gasteiger charge is 2.44. The zero-order chi connectivity index (χ0) is 29.5. The van der Waals surface area contributed by atoms with Crippen molar-refractivity contribution < 1.29 is 24.2 Å². The normalized spacial score (nSPS) is 14.1. The molecule has 3 N–H and O–H groups in total. The van der Waals surface area contributed by atoms with Crippen LogP contribution in [-0.4, -0.2) is 45.1 Å². The summed E-state index contributed by atoms with van der Waals surface area (Å²) in [5, 5.41) is 16.8. The third-order valence-corrected chi connectivity index (χ3v) is 6.49. The number of nitrogens with one attached hydrogen (secondary N) is 2. The number of aryl methyl sites for hydroxylation is 1. The van der Waals surface area contributed by atoms with Crippen LogP contribution in [0.25, 0.3) is 0 Å². The Labute approximate surface area is 233 Å². The second-order valence-corrected chi connectivity index (χ2v) is 12.0. The summed E-state index contributed by atoms with van der Waals surface area (Å²) in [7, 11) is 0. The topological polar surface area (TPSA) is 108 Å². The number of hydrogen-bond donors (Lipinski definition) is 3. The number of phenols is 1. The predicted molar refractivity (Wildman–Crippen MR) is 153 cm³/mol. The third kappa shape index (κ3) is 8.73. The first-order chi connectivity index (χ1) is 18.1. The third-order valence-electron chi connectivity index (χ3n) is 6.49. The van der Waals surface area contributed by atoms with E-state index in [0.717, 1.165) is 5.56 Å².